The van der Waals surface area contributed by atoms with E-state index in [2.05, 4.69) is 40.2 Å². The first-order chi connectivity index (χ1) is 20.5. The number of hydrogen-bond acceptors (Lipinski definition) is 5. The molecule has 0 aliphatic heterocycles. The van der Waals surface area contributed by atoms with Crippen LogP contribution in [0.2, 0.25) is 0 Å². The maximum absolute atomic E-state index is 12.8. The van der Waals surface area contributed by atoms with Crippen molar-refractivity contribution in [2.75, 3.05) is 26.8 Å². The van der Waals surface area contributed by atoms with E-state index in [1.807, 2.05) is 72.8 Å². The Morgan fingerprint density at radius 3 is 1.40 bits per heavy atom. The van der Waals surface area contributed by atoms with Crippen molar-refractivity contribution in [3.63, 3.8) is 0 Å². The molecule has 0 bridgehead atoms. The third kappa shape index (κ3) is 5.19. The van der Waals surface area contributed by atoms with E-state index in [0.29, 0.717) is 0 Å². The molecule has 42 heavy (non-hydrogen) atoms. The maximum Gasteiger partial charge on any atom is 0.407 e. The molecule has 0 fully saturated rings. The molecule has 1 unspecified atom stereocenters. The molecule has 8 heteroatoms. The molecule has 0 saturated carbocycles. The largest absolute Gasteiger partial charge is 0.449 e. The number of nitrogens with one attached hydrogen (secondary N) is 3. The van der Waals surface area contributed by atoms with Crippen LogP contribution in [0.15, 0.2) is 97.1 Å². The third-order valence-electron chi connectivity index (χ3n) is 7.99. The first-order valence-electron chi connectivity index (χ1n) is 14.0. The summed E-state index contributed by atoms with van der Waals surface area (Å²) in [6, 6.07) is 31.2. The lowest BCUT2D eigenvalue weighted by Crippen LogP contribution is -2.52. The fourth-order valence-electron chi connectivity index (χ4n) is 6.00. The van der Waals surface area contributed by atoms with E-state index in [9.17, 15) is 14.4 Å². The number of carbonyl (C=O) groups excluding carboxylic acids is 3. The van der Waals surface area contributed by atoms with E-state index in [-0.39, 0.29) is 31.6 Å². The SMILES string of the molecule is CNC(=O)C(CNC(=O)OCC1c2ccccc2-c2ccccc21)NC(=O)OCC1c2ccccc2-c2ccccc21. The Labute approximate surface area is 244 Å². The highest BCUT2D eigenvalue weighted by atomic mass is 16.6. The molecule has 0 radical (unpaired) electrons. The summed E-state index contributed by atoms with van der Waals surface area (Å²) in [6.45, 7) is 0.0883. The molecule has 0 heterocycles. The maximum atomic E-state index is 12.8. The molecule has 2 aliphatic rings. The standard InChI is InChI=1S/C34H31N3O5/c1-35-32(38)31(37-34(40)42-20-30-27-16-8-4-12-23(27)24-13-5-9-17-28(24)30)18-36-33(39)41-19-29-25-14-6-2-10-21(25)22-11-3-7-15-26(22)29/h2-17,29-31H,18-20H2,1H3,(H,35,38)(H,36,39)(H,37,40). The van der Waals surface area contributed by atoms with E-state index in [1.54, 1.807) is 0 Å². The fraction of sp³-hybridized carbons (Fsp3) is 0.206. The summed E-state index contributed by atoms with van der Waals surface area (Å²) < 4.78 is 11.1. The van der Waals surface area contributed by atoms with Crippen LogP contribution in [0.3, 0.4) is 0 Å². The van der Waals surface area contributed by atoms with Crippen molar-refractivity contribution in [1.82, 2.24) is 16.0 Å². The summed E-state index contributed by atoms with van der Waals surface area (Å²) >= 11 is 0. The van der Waals surface area contributed by atoms with Crippen LogP contribution in [0.5, 0.6) is 0 Å². The molecule has 1 atom stereocenters. The predicted octanol–water partition coefficient (Wildman–Crippen LogP) is 5.18. The molecular weight excluding hydrogens is 530 g/mol. The number of alkyl carbamates (subject to hydrolysis) is 2. The van der Waals surface area contributed by atoms with Gasteiger partial charge in [-0.2, -0.15) is 0 Å². The van der Waals surface area contributed by atoms with Crippen LogP contribution in [0.4, 0.5) is 9.59 Å². The summed E-state index contributed by atoms with van der Waals surface area (Å²) in [5, 5.41) is 7.70. The van der Waals surface area contributed by atoms with E-state index in [1.165, 1.54) is 7.05 Å². The smallest absolute Gasteiger partial charge is 0.407 e. The van der Waals surface area contributed by atoms with E-state index < -0.39 is 24.1 Å². The van der Waals surface area contributed by atoms with Gasteiger partial charge in [0, 0.05) is 18.9 Å². The van der Waals surface area contributed by atoms with Gasteiger partial charge in [0.05, 0.1) is 6.54 Å². The minimum absolute atomic E-state index is 0.0863. The van der Waals surface area contributed by atoms with Gasteiger partial charge >= 0.3 is 12.2 Å². The van der Waals surface area contributed by atoms with Gasteiger partial charge in [0.25, 0.3) is 0 Å². The monoisotopic (exact) mass is 561 g/mol. The van der Waals surface area contributed by atoms with E-state index >= 15 is 0 Å². The van der Waals surface area contributed by atoms with Gasteiger partial charge in [-0.25, -0.2) is 9.59 Å². The number of amides is 3. The van der Waals surface area contributed by atoms with Gasteiger partial charge < -0.3 is 25.4 Å². The Kier molecular flexibility index (Phi) is 7.60. The highest BCUT2D eigenvalue weighted by Crippen LogP contribution is 2.45. The highest BCUT2D eigenvalue weighted by molar-refractivity contribution is 5.86. The molecule has 0 aromatic heterocycles. The molecule has 8 nitrogen and oxygen atoms in total. The third-order valence-corrected chi connectivity index (χ3v) is 7.99. The minimum atomic E-state index is -1.05. The van der Waals surface area contributed by atoms with E-state index in [0.717, 1.165) is 44.5 Å². The molecule has 4 aromatic carbocycles. The number of rotatable bonds is 8. The second kappa shape index (κ2) is 11.8. The molecule has 6 rings (SSSR count). The second-order valence-corrected chi connectivity index (χ2v) is 10.3. The molecule has 2 aliphatic carbocycles. The zero-order valence-electron chi connectivity index (χ0n) is 23.1. The van der Waals surface area contributed by atoms with E-state index in [4.69, 9.17) is 9.47 Å². The Morgan fingerprint density at radius 1 is 0.619 bits per heavy atom. The van der Waals surface area contributed by atoms with Crippen molar-refractivity contribution < 1.29 is 23.9 Å². The van der Waals surface area contributed by atoms with Crippen molar-refractivity contribution >= 4 is 18.1 Å². The van der Waals surface area contributed by atoms with Crippen LogP contribution in [0.25, 0.3) is 22.3 Å². The lowest BCUT2D eigenvalue weighted by molar-refractivity contribution is -0.122. The molecule has 0 spiro atoms. The number of fused-ring (bicyclic) bond motifs is 6. The Balaban J connectivity index is 1.04. The van der Waals surface area contributed by atoms with Gasteiger partial charge in [-0.1, -0.05) is 97.1 Å². The highest BCUT2D eigenvalue weighted by Gasteiger charge is 2.31. The normalized spacial score (nSPS) is 13.6. The number of ether oxygens (including phenoxy) is 2. The number of benzene rings is 4. The summed E-state index contributed by atoms with van der Waals surface area (Å²) in [4.78, 5) is 37.9. The summed E-state index contributed by atoms with van der Waals surface area (Å²) in [5.74, 6) is -0.667. The predicted molar refractivity (Wildman–Crippen MR) is 159 cm³/mol. The van der Waals surface area contributed by atoms with Gasteiger partial charge in [0.1, 0.15) is 19.3 Å². The second-order valence-electron chi connectivity index (χ2n) is 10.3. The van der Waals surface area contributed by atoms with Gasteiger partial charge in [-0.3, -0.25) is 4.79 Å². The van der Waals surface area contributed by atoms with Crippen LogP contribution in [-0.2, 0) is 14.3 Å². The number of carbonyl (C=O) groups is 3. The van der Waals surface area contributed by atoms with Crippen LogP contribution in [0.1, 0.15) is 34.1 Å². The summed E-state index contributed by atoms with van der Waals surface area (Å²) in [6.07, 6.45) is -1.43. The quantitative estimate of drug-likeness (QED) is 0.275. The van der Waals surface area contributed by atoms with Crippen LogP contribution in [-0.4, -0.2) is 50.9 Å². The van der Waals surface area contributed by atoms with Crippen molar-refractivity contribution in [1.29, 1.82) is 0 Å². The van der Waals surface area contributed by atoms with Gasteiger partial charge in [-0.15, -0.1) is 0 Å². The topological polar surface area (TPSA) is 106 Å². The zero-order chi connectivity index (χ0) is 29.1. The first-order valence-corrected chi connectivity index (χ1v) is 14.0. The van der Waals surface area contributed by atoms with Crippen LogP contribution < -0.4 is 16.0 Å². The van der Waals surface area contributed by atoms with Gasteiger partial charge in [-0.05, 0) is 44.5 Å². The van der Waals surface area contributed by atoms with Crippen molar-refractivity contribution in [3.05, 3.63) is 119 Å². The van der Waals surface area contributed by atoms with Crippen LogP contribution >= 0.6 is 0 Å². The lowest BCUT2D eigenvalue weighted by atomic mass is 9.98. The van der Waals surface area contributed by atoms with Crippen molar-refractivity contribution in [2.24, 2.45) is 0 Å². The lowest BCUT2D eigenvalue weighted by Gasteiger charge is -2.20. The molecule has 3 amide bonds. The molecular formula is C34H31N3O5. The average molecular weight is 562 g/mol. The summed E-state index contributed by atoms with van der Waals surface area (Å²) in [5.41, 5.74) is 8.90. The fourth-order valence-corrected chi connectivity index (χ4v) is 6.00. The van der Waals surface area contributed by atoms with Crippen molar-refractivity contribution in [2.45, 2.75) is 17.9 Å². The Hall–Kier alpha value is -5.11. The zero-order valence-corrected chi connectivity index (χ0v) is 23.1. The number of hydrogen-bond donors (Lipinski definition) is 3. The molecule has 0 saturated heterocycles. The summed E-state index contributed by atoms with van der Waals surface area (Å²) in [7, 11) is 1.46. The first kappa shape index (κ1) is 27.1. The molecule has 212 valence electrons. The van der Waals surface area contributed by atoms with Crippen molar-refractivity contribution in [3.8, 4) is 22.3 Å². The minimum Gasteiger partial charge on any atom is -0.449 e. The molecule has 3 N–H and O–H groups in total. The average Bonchev–Trinajstić information content (AvgIpc) is 3.53. The Morgan fingerprint density at radius 2 is 1.00 bits per heavy atom. The number of likely N-dealkylation sites (N-methyl/N-ethyl adjacent to an activating group) is 1. The van der Waals surface area contributed by atoms with Crippen LogP contribution in [0, 0.1) is 0 Å². The molecule has 4 aromatic rings. The van der Waals surface area contributed by atoms with Gasteiger partial charge in [0.2, 0.25) is 5.91 Å². The Bertz CT molecular complexity index is 1560. The van der Waals surface area contributed by atoms with Gasteiger partial charge in [0.15, 0.2) is 0 Å².